The van der Waals surface area contributed by atoms with E-state index in [1.807, 2.05) is 13.8 Å². The Balaban J connectivity index is -0.000000372. The van der Waals surface area contributed by atoms with E-state index in [1.165, 1.54) is 0 Å². The van der Waals surface area contributed by atoms with Crippen molar-refractivity contribution in [3.63, 3.8) is 0 Å². The fraction of sp³-hybridized carbons (Fsp3) is 0.833. The lowest BCUT2D eigenvalue weighted by Gasteiger charge is -2.29. The molecule has 0 saturated carbocycles. The second-order valence-electron chi connectivity index (χ2n) is 3.66. The third kappa shape index (κ3) is 23.5. The Kier molecular flexibility index (Phi) is 20.1. The molecule has 10 heteroatoms. The van der Waals surface area contributed by atoms with Crippen LogP contribution in [0.1, 0.15) is 46.5 Å². The number of hydrogen-bond donors (Lipinski definition) is 5. The monoisotopic (exact) mass is 330 g/mol. The van der Waals surface area contributed by atoms with Crippen LogP contribution >= 0.6 is 0 Å². The van der Waals surface area contributed by atoms with Gasteiger partial charge in [-0.1, -0.05) is 19.8 Å². The zero-order valence-corrected chi connectivity index (χ0v) is 13.0. The number of unbranched alkanes of at least 4 members (excludes halogenated alkanes) is 2. The van der Waals surface area contributed by atoms with E-state index in [2.05, 4.69) is 11.8 Å². The third-order valence-corrected chi connectivity index (χ3v) is 1.95. The minimum atomic E-state index is -1.83. The minimum Gasteiger partial charge on any atom is -0.450 e. The van der Waals surface area contributed by atoms with Crippen molar-refractivity contribution in [1.82, 2.24) is 0 Å². The lowest BCUT2D eigenvalue weighted by atomic mass is 10.2. The highest BCUT2D eigenvalue weighted by Crippen LogP contribution is 2.22. The molecule has 0 bridgehead atoms. The molecule has 0 aromatic heterocycles. The van der Waals surface area contributed by atoms with Crippen molar-refractivity contribution in [3.8, 4) is 0 Å². The van der Waals surface area contributed by atoms with Crippen molar-refractivity contribution in [2.75, 3.05) is 13.2 Å². The van der Waals surface area contributed by atoms with Gasteiger partial charge >= 0.3 is 18.3 Å². The van der Waals surface area contributed by atoms with Crippen molar-refractivity contribution in [2.24, 2.45) is 0 Å². The summed E-state index contributed by atoms with van der Waals surface area (Å²) in [5.41, 5.74) is 0. The molecule has 0 unspecified atom stereocenters. The fourth-order valence-corrected chi connectivity index (χ4v) is 1.32. The summed E-state index contributed by atoms with van der Waals surface area (Å²) in [6, 6.07) is 0. The normalized spacial score (nSPS) is 9.82. The Morgan fingerprint density at radius 2 is 1.23 bits per heavy atom. The zero-order chi connectivity index (χ0) is 18.0. The van der Waals surface area contributed by atoms with Gasteiger partial charge in [-0.05, 0) is 20.3 Å². The molecule has 22 heavy (non-hydrogen) atoms. The lowest BCUT2D eigenvalue weighted by Crippen LogP contribution is -2.38. The molecular formula is C12H26O10. The average molecular weight is 330 g/mol. The van der Waals surface area contributed by atoms with E-state index in [-0.39, 0.29) is 0 Å². The van der Waals surface area contributed by atoms with Crippen LogP contribution in [0.2, 0.25) is 0 Å². The van der Waals surface area contributed by atoms with Crippen molar-refractivity contribution in [2.45, 2.75) is 52.4 Å². The van der Waals surface area contributed by atoms with Crippen molar-refractivity contribution >= 4 is 12.3 Å². The first kappa shape index (κ1) is 25.3. The molecule has 0 aliphatic heterocycles. The predicted octanol–water partition coefficient (Wildman–Crippen LogP) is 3.23. The van der Waals surface area contributed by atoms with Crippen molar-refractivity contribution in [1.29, 1.82) is 0 Å². The molecule has 0 fully saturated rings. The molecule has 0 spiro atoms. The summed E-state index contributed by atoms with van der Waals surface area (Å²) in [5, 5.41) is 36.7. The van der Waals surface area contributed by atoms with Gasteiger partial charge in [0.15, 0.2) is 0 Å². The molecule has 0 aromatic rings. The average Bonchev–Trinajstić information content (AvgIpc) is 2.38. The minimum absolute atomic E-state index is 0.451. The van der Waals surface area contributed by atoms with E-state index < -0.39 is 18.3 Å². The molecule has 0 atom stereocenters. The van der Waals surface area contributed by atoms with E-state index in [0.29, 0.717) is 19.6 Å². The van der Waals surface area contributed by atoms with Gasteiger partial charge in [0.2, 0.25) is 0 Å². The Bertz CT molecular complexity index is 243. The van der Waals surface area contributed by atoms with E-state index in [4.69, 9.17) is 44.7 Å². The zero-order valence-electron chi connectivity index (χ0n) is 13.0. The Labute approximate surface area is 128 Å². The number of rotatable bonds is 9. The smallest absolute Gasteiger partial charge is 0.450 e. The van der Waals surface area contributed by atoms with Crippen molar-refractivity contribution in [3.05, 3.63) is 0 Å². The first-order chi connectivity index (χ1) is 10.2. The Morgan fingerprint density at radius 1 is 0.864 bits per heavy atom. The number of carbonyl (C=O) groups is 2. The molecule has 5 N–H and O–H groups in total. The molecule has 0 aliphatic rings. The van der Waals surface area contributed by atoms with Gasteiger partial charge in [-0.2, -0.15) is 4.89 Å². The van der Waals surface area contributed by atoms with Gasteiger partial charge in [0.1, 0.15) is 0 Å². The third-order valence-electron chi connectivity index (χ3n) is 1.95. The van der Waals surface area contributed by atoms with Crippen LogP contribution in [0.3, 0.4) is 0 Å². The highest BCUT2D eigenvalue weighted by Gasteiger charge is 2.32. The fourth-order valence-electron chi connectivity index (χ4n) is 1.32. The van der Waals surface area contributed by atoms with Crippen LogP contribution in [0.5, 0.6) is 0 Å². The van der Waals surface area contributed by atoms with Crippen LogP contribution in [0.25, 0.3) is 0 Å². The number of carboxylic acid groups (broad SMARTS) is 4. The summed E-state index contributed by atoms with van der Waals surface area (Å²) in [6.45, 7) is 6.70. The van der Waals surface area contributed by atoms with Crippen LogP contribution in [-0.2, 0) is 14.4 Å². The number of hydrogen-bond acceptors (Lipinski definition) is 6. The van der Waals surface area contributed by atoms with Gasteiger partial charge in [0.05, 0.1) is 0 Å². The summed E-state index contributed by atoms with van der Waals surface area (Å²) in [6.07, 6.45) is -0.0128. The SMILES string of the molecule is CCCCCC(OO)(OCC)OCC.O=C(O)O.O=C(O)O. The molecule has 0 aliphatic carbocycles. The van der Waals surface area contributed by atoms with Gasteiger partial charge in [0, 0.05) is 19.6 Å². The molecule has 0 amide bonds. The molecule has 134 valence electrons. The van der Waals surface area contributed by atoms with Crippen LogP contribution < -0.4 is 0 Å². The van der Waals surface area contributed by atoms with Gasteiger partial charge in [-0.15, -0.1) is 0 Å². The first-order valence-corrected chi connectivity index (χ1v) is 6.65. The van der Waals surface area contributed by atoms with Crippen LogP contribution in [-0.4, -0.2) is 57.2 Å². The molecule has 0 saturated heterocycles. The van der Waals surface area contributed by atoms with E-state index in [0.717, 1.165) is 19.3 Å². The van der Waals surface area contributed by atoms with Crippen LogP contribution in [0.15, 0.2) is 0 Å². The summed E-state index contributed by atoms with van der Waals surface area (Å²) < 4.78 is 10.5. The Hall–Kier alpha value is -1.62. The summed E-state index contributed by atoms with van der Waals surface area (Å²) >= 11 is 0. The van der Waals surface area contributed by atoms with Gasteiger partial charge < -0.3 is 29.9 Å². The maximum atomic E-state index is 8.79. The topological polar surface area (TPSA) is 163 Å². The molecule has 0 aromatic carbocycles. The quantitative estimate of drug-likeness (QED) is 0.183. The maximum absolute atomic E-state index is 8.79. The van der Waals surface area contributed by atoms with Crippen LogP contribution in [0.4, 0.5) is 9.59 Å². The highest BCUT2D eigenvalue weighted by atomic mass is 17.2. The van der Waals surface area contributed by atoms with Gasteiger partial charge in [0.25, 0.3) is 0 Å². The molecule has 0 rings (SSSR count). The maximum Gasteiger partial charge on any atom is 0.503 e. The number of ether oxygens (including phenoxy) is 2. The Morgan fingerprint density at radius 3 is 1.45 bits per heavy atom. The van der Waals surface area contributed by atoms with Crippen molar-refractivity contribution < 1.29 is 49.6 Å². The summed E-state index contributed by atoms with van der Waals surface area (Å²) in [7, 11) is 0. The second kappa shape index (κ2) is 17.4. The van der Waals surface area contributed by atoms with Crippen LogP contribution in [0, 0.1) is 0 Å². The molecule has 0 heterocycles. The molecule has 10 nitrogen and oxygen atoms in total. The van der Waals surface area contributed by atoms with Gasteiger partial charge in [-0.25, -0.2) is 14.8 Å². The summed E-state index contributed by atoms with van der Waals surface area (Å²) in [4.78, 5) is 21.4. The second-order valence-corrected chi connectivity index (χ2v) is 3.66. The largest absolute Gasteiger partial charge is 0.503 e. The first-order valence-electron chi connectivity index (χ1n) is 6.65. The summed E-state index contributed by atoms with van der Waals surface area (Å²) in [5.74, 6) is -1.25. The van der Waals surface area contributed by atoms with Gasteiger partial charge in [-0.3, -0.25) is 0 Å². The standard InChI is InChI=1S/C10H22O4.2CH2O3/c1-4-7-8-9-10(14-11,12-5-2)13-6-3;2*2-1(3)4/h11H,4-9H2,1-3H3;2*(H2,2,3,4). The highest BCUT2D eigenvalue weighted by molar-refractivity contribution is 5.53. The van der Waals surface area contributed by atoms with E-state index >= 15 is 0 Å². The van der Waals surface area contributed by atoms with E-state index in [1.54, 1.807) is 0 Å². The lowest BCUT2D eigenvalue weighted by molar-refractivity contribution is -0.492. The molecular weight excluding hydrogens is 304 g/mol. The predicted molar refractivity (Wildman–Crippen MR) is 75.1 cm³/mol. The molecule has 0 radical (unpaired) electrons. The van der Waals surface area contributed by atoms with E-state index in [9.17, 15) is 0 Å².